The molecule has 296 valence electrons. The zero-order chi connectivity index (χ0) is 38.8. The SMILES string of the molecule is C=C1CCC2[C@](C)(CCC[C@]2(C)C(=O)O)[C@H]1CC[C@@H](C)CC(=O)OCc1cn(CC[C@H](C)CC[C@H]2C(=C)CCC3[C@]2(C)CCC[C@]3(C)C(=O)OC)nn1. The molecule has 5 rings (SSSR count). The molecular formula is C44H69N3O6. The largest absolute Gasteiger partial charge is 0.481 e. The zero-order valence-corrected chi connectivity index (χ0v) is 34.0. The van der Waals surface area contributed by atoms with Crippen molar-refractivity contribution in [3.05, 3.63) is 36.2 Å². The van der Waals surface area contributed by atoms with Crippen LogP contribution in [0.3, 0.4) is 0 Å². The van der Waals surface area contributed by atoms with E-state index >= 15 is 0 Å². The molecule has 53 heavy (non-hydrogen) atoms. The van der Waals surface area contributed by atoms with E-state index in [9.17, 15) is 19.5 Å². The summed E-state index contributed by atoms with van der Waals surface area (Å²) in [5.41, 5.74) is 2.16. The summed E-state index contributed by atoms with van der Waals surface area (Å²) in [7, 11) is 1.52. The summed E-state index contributed by atoms with van der Waals surface area (Å²) in [6.45, 7) is 23.0. The van der Waals surface area contributed by atoms with Gasteiger partial charge in [0, 0.05) is 13.0 Å². The predicted octanol–water partition coefficient (Wildman–Crippen LogP) is 9.75. The second-order valence-electron chi connectivity index (χ2n) is 18.9. The van der Waals surface area contributed by atoms with Crippen molar-refractivity contribution in [1.29, 1.82) is 0 Å². The number of rotatable bonds is 15. The third kappa shape index (κ3) is 8.34. The number of fused-ring (bicyclic) bond motifs is 2. The van der Waals surface area contributed by atoms with Gasteiger partial charge in [-0.2, -0.15) is 0 Å². The van der Waals surface area contributed by atoms with Crippen LogP contribution in [0.2, 0.25) is 0 Å². The molecule has 2 unspecified atom stereocenters. The van der Waals surface area contributed by atoms with Crippen molar-refractivity contribution in [1.82, 2.24) is 15.0 Å². The van der Waals surface area contributed by atoms with Gasteiger partial charge in [-0.05, 0) is 137 Å². The van der Waals surface area contributed by atoms with Gasteiger partial charge in [-0.3, -0.25) is 19.1 Å². The van der Waals surface area contributed by atoms with Gasteiger partial charge in [-0.25, -0.2) is 0 Å². The maximum atomic E-state index is 12.9. The van der Waals surface area contributed by atoms with E-state index in [1.165, 1.54) is 18.3 Å². The Labute approximate surface area is 319 Å². The number of ether oxygens (including phenoxy) is 2. The average Bonchev–Trinajstić information content (AvgIpc) is 3.56. The molecule has 0 spiro atoms. The molecule has 1 aromatic rings. The van der Waals surface area contributed by atoms with Crippen LogP contribution in [0.1, 0.15) is 150 Å². The van der Waals surface area contributed by atoms with Gasteiger partial charge < -0.3 is 14.6 Å². The molecule has 4 saturated carbocycles. The smallest absolute Gasteiger partial charge is 0.311 e. The number of esters is 2. The third-order valence-electron chi connectivity index (χ3n) is 15.4. The van der Waals surface area contributed by atoms with Gasteiger partial charge in [-0.15, -0.1) is 5.10 Å². The Morgan fingerprint density at radius 3 is 1.98 bits per heavy atom. The molecular weight excluding hydrogens is 666 g/mol. The Kier molecular flexibility index (Phi) is 12.8. The van der Waals surface area contributed by atoms with Crippen molar-refractivity contribution < 1.29 is 29.0 Å². The number of aromatic nitrogens is 3. The molecule has 0 radical (unpaired) electrons. The summed E-state index contributed by atoms with van der Waals surface area (Å²) in [6, 6.07) is 0. The third-order valence-corrected chi connectivity index (χ3v) is 15.4. The lowest BCUT2D eigenvalue weighted by Crippen LogP contribution is -2.53. The summed E-state index contributed by atoms with van der Waals surface area (Å²) < 4.78 is 12.8. The quantitative estimate of drug-likeness (QED) is 0.140. The highest BCUT2D eigenvalue weighted by Gasteiger charge is 2.58. The lowest BCUT2D eigenvalue weighted by atomic mass is 9.46. The van der Waals surface area contributed by atoms with E-state index < -0.39 is 16.8 Å². The number of methoxy groups -OCH3 is 1. The topological polar surface area (TPSA) is 121 Å². The van der Waals surface area contributed by atoms with Gasteiger partial charge in [0.1, 0.15) is 12.3 Å². The van der Waals surface area contributed by atoms with E-state index in [-0.39, 0.29) is 47.1 Å². The fourth-order valence-electron chi connectivity index (χ4n) is 12.2. The van der Waals surface area contributed by atoms with Gasteiger partial charge >= 0.3 is 17.9 Å². The van der Waals surface area contributed by atoms with Crippen molar-refractivity contribution in [2.24, 2.45) is 57.2 Å². The Balaban J connectivity index is 1.04. The highest BCUT2D eigenvalue weighted by Crippen LogP contribution is 2.63. The van der Waals surface area contributed by atoms with Crippen LogP contribution in [0, 0.1) is 57.2 Å². The Morgan fingerprint density at radius 2 is 1.42 bits per heavy atom. The molecule has 4 fully saturated rings. The Morgan fingerprint density at radius 1 is 0.868 bits per heavy atom. The van der Waals surface area contributed by atoms with Crippen LogP contribution in [0.5, 0.6) is 0 Å². The summed E-state index contributed by atoms with van der Waals surface area (Å²) >= 11 is 0. The van der Waals surface area contributed by atoms with Gasteiger partial charge in [0.05, 0.1) is 24.1 Å². The molecule has 9 heteroatoms. The molecule has 1 N–H and O–H groups in total. The fourth-order valence-corrected chi connectivity index (χ4v) is 12.2. The van der Waals surface area contributed by atoms with E-state index in [1.807, 2.05) is 17.8 Å². The average molecular weight is 736 g/mol. The number of carboxylic acids is 1. The highest BCUT2D eigenvalue weighted by atomic mass is 16.5. The van der Waals surface area contributed by atoms with Crippen LogP contribution in [-0.4, -0.2) is 45.1 Å². The molecule has 0 aromatic carbocycles. The van der Waals surface area contributed by atoms with Crippen molar-refractivity contribution in [2.75, 3.05) is 7.11 Å². The molecule has 0 bridgehead atoms. The van der Waals surface area contributed by atoms with Crippen molar-refractivity contribution in [3.63, 3.8) is 0 Å². The minimum atomic E-state index is -0.679. The minimum Gasteiger partial charge on any atom is -0.481 e. The Bertz CT molecular complexity index is 1520. The number of aryl methyl sites for hydroxylation is 1. The maximum absolute atomic E-state index is 12.9. The van der Waals surface area contributed by atoms with Gasteiger partial charge in [0.25, 0.3) is 0 Å². The van der Waals surface area contributed by atoms with E-state index in [0.717, 1.165) is 103 Å². The van der Waals surface area contributed by atoms with Crippen LogP contribution >= 0.6 is 0 Å². The number of aliphatic carboxylic acids is 1. The van der Waals surface area contributed by atoms with Crippen LogP contribution in [0.25, 0.3) is 0 Å². The van der Waals surface area contributed by atoms with Crippen LogP contribution in [0.15, 0.2) is 30.5 Å². The fraction of sp³-hybridized carbons (Fsp3) is 0.795. The van der Waals surface area contributed by atoms with E-state index in [4.69, 9.17) is 9.47 Å². The first-order chi connectivity index (χ1) is 25.0. The molecule has 0 aliphatic heterocycles. The number of nitrogens with zero attached hydrogens (tertiary/aromatic N) is 3. The molecule has 4 aliphatic carbocycles. The number of carbonyl (C=O) groups is 3. The molecule has 0 amide bonds. The number of carboxylic acid groups (broad SMARTS) is 1. The molecule has 4 aliphatic rings. The van der Waals surface area contributed by atoms with Crippen LogP contribution in [-0.2, 0) is 37.0 Å². The second kappa shape index (κ2) is 16.4. The van der Waals surface area contributed by atoms with Crippen molar-refractivity contribution in [3.8, 4) is 0 Å². The van der Waals surface area contributed by atoms with E-state index in [1.54, 1.807) is 0 Å². The molecule has 0 saturated heterocycles. The van der Waals surface area contributed by atoms with E-state index in [2.05, 4.69) is 58.1 Å². The minimum absolute atomic E-state index is 0.0535. The van der Waals surface area contributed by atoms with Crippen LogP contribution < -0.4 is 0 Å². The Hall–Kier alpha value is -2.97. The zero-order valence-electron chi connectivity index (χ0n) is 34.0. The first-order valence-electron chi connectivity index (χ1n) is 20.7. The molecule has 1 heterocycles. The van der Waals surface area contributed by atoms with Gasteiger partial charge in [0.15, 0.2) is 0 Å². The first kappa shape index (κ1) is 41.2. The molecule has 1 aromatic heterocycles. The number of carbonyl (C=O) groups excluding carboxylic acids is 2. The monoisotopic (exact) mass is 736 g/mol. The summed E-state index contributed by atoms with van der Waals surface area (Å²) in [4.78, 5) is 38.1. The predicted molar refractivity (Wildman–Crippen MR) is 206 cm³/mol. The summed E-state index contributed by atoms with van der Waals surface area (Å²) in [5, 5.41) is 18.7. The molecule has 10 atom stereocenters. The standard InChI is InChI=1S/C44H69N3O6/c1-29(12-16-34-32(4)15-19-37-42(34,6)22-11-24-44(37,8)40(51)52-9)20-25-47-27-33(45-46-47)28-53-38(48)26-30(2)13-17-35-31(3)14-18-36-41(35,5)21-10-23-43(36,7)39(49)50/h27,29-30,34-37H,3-4,10-26,28H2,1-2,5-9H3,(H,49,50)/t29-,30-,34+,35+,36?,37?,41-,42-,43+,44+/m1/s1. The first-order valence-corrected chi connectivity index (χ1v) is 20.7. The summed E-state index contributed by atoms with van der Waals surface area (Å²) in [5.74, 6) is 0.863. The van der Waals surface area contributed by atoms with Gasteiger partial charge in [0.2, 0.25) is 0 Å². The second-order valence-corrected chi connectivity index (χ2v) is 18.9. The highest BCUT2D eigenvalue weighted by molar-refractivity contribution is 5.77. The summed E-state index contributed by atoms with van der Waals surface area (Å²) in [6.07, 6.45) is 16.8. The number of hydrogen-bond acceptors (Lipinski definition) is 7. The normalized spacial score (nSPS) is 35.5. The van der Waals surface area contributed by atoms with Gasteiger partial charge in [-0.1, -0.05) is 76.5 Å². The number of allylic oxidation sites excluding steroid dienone is 2. The number of hydrogen-bond donors (Lipinski definition) is 1. The lowest BCUT2D eigenvalue weighted by Gasteiger charge is -2.57. The van der Waals surface area contributed by atoms with Crippen LogP contribution in [0.4, 0.5) is 0 Å². The van der Waals surface area contributed by atoms with Crippen molar-refractivity contribution in [2.45, 2.75) is 157 Å². The van der Waals surface area contributed by atoms with E-state index in [0.29, 0.717) is 29.9 Å². The van der Waals surface area contributed by atoms with Crippen molar-refractivity contribution >= 4 is 17.9 Å². The molecule has 9 nitrogen and oxygen atoms in total. The maximum Gasteiger partial charge on any atom is 0.311 e. The lowest BCUT2D eigenvalue weighted by molar-refractivity contribution is -0.168.